The van der Waals surface area contributed by atoms with Crippen LogP contribution in [0.4, 0.5) is 5.69 Å². The molecule has 0 amide bonds. The molecule has 2 nitrogen and oxygen atoms in total. The van der Waals surface area contributed by atoms with Crippen LogP contribution in [0.25, 0.3) is 6.08 Å². The monoisotopic (exact) mass is 459 g/mol. The Morgan fingerprint density at radius 1 is 1.16 bits per heavy atom. The van der Waals surface area contributed by atoms with Crippen molar-refractivity contribution in [1.29, 1.82) is 0 Å². The standard InChI is InChI=1S/C21H19Br2NO/c1-20-9-5-6-14-10-13-11-15(22)12-17(23)19(13)25-21(14,20)24(2)18-8-4-3-7-16(18)20/h3-4,7-8,10-12H,5-6,9H2,1-2H3/t20-,21+/m0/s1. The van der Waals surface area contributed by atoms with Gasteiger partial charge in [0, 0.05) is 22.8 Å². The maximum absolute atomic E-state index is 6.92. The van der Waals surface area contributed by atoms with E-state index in [1.807, 2.05) is 0 Å². The van der Waals surface area contributed by atoms with Gasteiger partial charge in [-0.3, -0.25) is 0 Å². The summed E-state index contributed by atoms with van der Waals surface area (Å²) >= 11 is 7.32. The van der Waals surface area contributed by atoms with Crippen molar-refractivity contribution < 1.29 is 4.74 Å². The van der Waals surface area contributed by atoms with Gasteiger partial charge in [-0.25, -0.2) is 0 Å². The second-order valence-electron chi connectivity index (χ2n) is 7.48. The molecule has 0 saturated heterocycles. The first-order valence-corrected chi connectivity index (χ1v) is 10.3. The summed E-state index contributed by atoms with van der Waals surface area (Å²) in [7, 11) is 2.18. The highest BCUT2D eigenvalue weighted by molar-refractivity contribution is 9.11. The number of likely N-dealkylation sites (N-methyl/N-ethyl adjacent to an activating group) is 1. The molecule has 4 heteroatoms. The lowest BCUT2D eigenvalue weighted by atomic mass is 9.64. The van der Waals surface area contributed by atoms with Gasteiger partial charge >= 0.3 is 0 Å². The molecule has 1 spiro atoms. The minimum absolute atomic E-state index is 0.0490. The van der Waals surface area contributed by atoms with Crippen LogP contribution < -0.4 is 9.64 Å². The summed E-state index contributed by atoms with van der Waals surface area (Å²) in [5.41, 5.74) is 4.74. The van der Waals surface area contributed by atoms with Gasteiger partial charge in [0.1, 0.15) is 5.75 Å². The lowest BCUT2D eigenvalue weighted by Gasteiger charge is -2.53. The molecule has 2 aromatic carbocycles. The van der Waals surface area contributed by atoms with E-state index in [4.69, 9.17) is 4.74 Å². The van der Waals surface area contributed by atoms with E-state index in [9.17, 15) is 0 Å². The van der Waals surface area contributed by atoms with E-state index in [0.717, 1.165) is 33.1 Å². The fraction of sp³-hybridized carbons (Fsp3) is 0.333. The fourth-order valence-electron chi connectivity index (χ4n) is 5.18. The third-order valence-electron chi connectivity index (χ3n) is 6.25. The summed E-state index contributed by atoms with van der Waals surface area (Å²) < 4.78 is 8.99. The average molecular weight is 461 g/mol. The van der Waals surface area contributed by atoms with Crippen LogP contribution in [0.15, 0.2) is 50.9 Å². The zero-order valence-corrected chi connectivity index (χ0v) is 17.4. The summed E-state index contributed by atoms with van der Waals surface area (Å²) in [6, 6.07) is 13.0. The molecule has 0 unspecified atom stereocenters. The van der Waals surface area contributed by atoms with Crippen LogP contribution in [-0.2, 0) is 5.41 Å². The Bertz CT molecular complexity index is 937. The summed E-state index contributed by atoms with van der Waals surface area (Å²) in [5.74, 6) is 0.944. The molecular formula is C21H19Br2NO. The highest BCUT2D eigenvalue weighted by Gasteiger charge is 2.64. The SMILES string of the molecule is CN1c2ccccc2[C@]2(C)CCCC3=Cc4cc(Br)cc(Br)c4O[C@@]312. The lowest BCUT2D eigenvalue weighted by Crippen LogP contribution is -2.63. The smallest absolute Gasteiger partial charge is 0.215 e. The summed E-state index contributed by atoms with van der Waals surface area (Å²) in [4.78, 5) is 2.37. The Labute approximate surface area is 165 Å². The van der Waals surface area contributed by atoms with Crippen LogP contribution in [0, 0.1) is 0 Å². The van der Waals surface area contributed by atoms with Crippen molar-refractivity contribution in [1.82, 2.24) is 0 Å². The number of para-hydroxylation sites is 1. The molecule has 2 aliphatic heterocycles. The largest absolute Gasteiger partial charge is 0.461 e. The number of benzene rings is 2. The number of rotatable bonds is 0. The van der Waals surface area contributed by atoms with Gasteiger partial charge in [-0.15, -0.1) is 0 Å². The number of hydrogen-bond donors (Lipinski definition) is 0. The van der Waals surface area contributed by atoms with Gasteiger partial charge in [0.25, 0.3) is 0 Å². The maximum Gasteiger partial charge on any atom is 0.215 e. The van der Waals surface area contributed by atoms with Crippen molar-refractivity contribution >= 4 is 43.6 Å². The molecule has 1 saturated carbocycles. The van der Waals surface area contributed by atoms with Crippen LogP contribution in [0.3, 0.4) is 0 Å². The predicted octanol–water partition coefficient (Wildman–Crippen LogP) is 6.28. The molecule has 2 atom stereocenters. The van der Waals surface area contributed by atoms with Crippen molar-refractivity contribution in [3.8, 4) is 5.75 Å². The molecular weight excluding hydrogens is 442 g/mol. The molecule has 1 aliphatic carbocycles. The number of anilines is 1. The van der Waals surface area contributed by atoms with Gasteiger partial charge in [-0.2, -0.15) is 0 Å². The Kier molecular flexibility index (Phi) is 3.28. The number of halogens is 2. The van der Waals surface area contributed by atoms with Crippen molar-refractivity contribution in [2.24, 2.45) is 0 Å². The second kappa shape index (κ2) is 5.14. The van der Waals surface area contributed by atoms with Gasteiger partial charge in [-0.1, -0.05) is 34.1 Å². The lowest BCUT2D eigenvalue weighted by molar-refractivity contribution is 0.0149. The first-order valence-electron chi connectivity index (χ1n) is 8.70. The van der Waals surface area contributed by atoms with E-state index in [1.54, 1.807) is 0 Å². The Morgan fingerprint density at radius 3 is 2.80 bits per heavy atom. The molecule has 1 fully saturated rings. The van der Waals surface area contributed by atoms with E-state index < -0.39 is 5.72 Å². The number of ether oxygens (including phenoxy) is 1. The van der Waals surface area contributed by atoms with Crippen LogP contribution in [0.2, 0.25) is 0 Å². The second-order valence-corrected chi connectivity index (χ2v) is 9.25. The van der Waals surface area contributed by atoms with Gasteiger partial charge in [0.2, 0.25) is 5.72 Å². The summed E-state index contributed by atoms with van der Waals surface area (Å²) in [5, 5.41) is 0. The zero-order valence-electron chi connectivity index (χ0n) is 14.3. The first-order chi connectivity index (χ1) is 12.0. The van der Waals surface area contributed by atoms with Gasteiger partial charge in [0.15, 0.2) is 0 Å². The van der Waals surface area contributed by atoms with Crippen molar-refractivity contribution in [2.75, 3.05) is 11.9 Å². The molecule has 0 bridgehead atoms. The summed E-state index contributed by atoms with van der Waals surface area (Å²) in [6.45, 7) is 2.38. The van der Waals surface area contributed by atoms with E-state index >= 15 is 0 Å². The molecule has 2 heterocycles. The van der Waals surface area contributed by atoms with E-state index in [-0.39, 0.29) is 5.41 Å². The van der Waals surface area contributed by atoms with E-state index in [0.29, 0.717) is 0 Å². The van der Waals surface area contributed by atoms with E-state index in [2.05, 4.69) is 93.2 Å². The molecule has 25 heavy (non-hydrogen) atoms. The molecule has 3 aliphatic rings. The van der Waals surface area contributed by atoms with Crippen LogP contribution in [0.5, 0.6) is 5.75 Å². The van der Waals surface area contributed by atoms with Gasteiger partial charge in [-0.05, 0) is 77.5 Å². The molecule has 5 rings (SSSR count). The van der Waals surface area contributed by atoms with Crippen LogP contribution in [-0.4, -0.2) is 12.8 Å². The Hall–Kier alpha value is -1.26. The molecule has 128 valence electrons. The summed E-state index contributed by atoms with van der Waals surface area (Å²) in [6.07, 6.45) is 5.76. The van der Waals surface area contributed by atoms with Gasteiger partial charge < -0.3 is 9.64 Å². The minimum Gasteiger partial charge on any atom is -0.461 e. The van der Waals surface area contributed by atoms with Crippen molar-refractivity contribution in [3.05, 3.63) is 62.0 Å². The molecule has 0 aromatic heterocycles. The third-order valence-corrected chi connectivity index (χ3v) is 7.30. The molecule has 0 radical (unpaired) electrons. The highest BCUT2D eigenvalue weighted by Crippen LogP contribution is 2.62. The normalized spacial score (nSPS) is 29.1. The molecule has 2 aromatic rings. The van der Waals surface area contributed by atoms with Crippen molar-refractivity contribution in [2.45, 2.75) is 37.3 Å². The van der Waals surface area contributed by atoms with Crippen LogP contribution >= 0.6 is 31.9 Å². The maximum atomic E-state index is 6.92. The Balaban J connectivity index is 1.80. The average Bonchev–Trinajstić information content (AvgIpc) is 2.78. The van der Waals surface area contributed by atoms with E-state index in [1.165, 1.54) is 23.2 Å². The third kappa shape index (κ3) is 1.85. The minimum atomic E-state index is -0.432. The highest BCUT2D eigenvalue weighted by atomic mass is 79.9. The topological polar surface area (TPSA) is 12.5 Å². The zero-order chi connectivity index (χ0) is 17.4. The predicted molar refractivity (Wildman–Crippen MR) is 109 cm³/mol. The quantitative estimate of drug-likeness (QED) is 0.459. The number of nitrogens with zero attached hydrogens (tertiary/aromatic N) is 1. The Morgan fingerprint density at radius 2 is 1.96 bits per heavy atom. The van der Waals surface area contributed by atoms with Gasteiger partial charge in [0.05, 0.1) is 9.89 Å². The van der Waals surface area contributed by atoms with Crippen LogP contribution in [0.1, 0.15) is 37.3 Å². The number of hydrogen-bond acceptors (Lipinski definition) is 2. The van der Waals surface area contributed by atoms with Crippen molar-refractivity contribution in [3.63, 3.8) is 0 Å². The first kappa shape index (κ1) is 16.0. The fourth-order valence-corrected chi connectivity index (χ4v) is 6.52. The molecule has 0 N–H and O–H groups in total. The number of fused-ring (bicyclic) bond motifs is 3.